The number of hydrogen-bond donors (Lipinski definition) is 0. The monoisotopic (exact) mass is 662 g/mol. The van der Waals surface area contributed by atoms with E-state index in [0.29, 0.717) is 11.8 Å². The summed E-state index contributed by atoms with van der Waals surface area (Å²) in [5, 5.41) is 5.78. The van der Waals surface area contributed by atoms with Crippen LogP contribution in [0.1, 0.15) is 58.5 Å². The Bertz CT molecular complexity index is 1630. The van der Waals surface area contributed by atoms with Crippen LogP contribution >= 0.6 is 15.8 Å². The molecule has 2 heteroatoms. The summed E-state index contributed by atoms with van der Waals surface area (Å²) in [6.45, 7) is 13.8. The van der Waals surface area contributed by atoms with E-state index in [2.05, 4.69) is 199 Å². The second-order valence-electron chi connectivity index (χ2n) is 13.6. The van der Waals surface area contributed by atoms with Crippen molar-refractivity contribution in [3.05, 3.63) is 191 Å². The quantitative estimate of drug-likeness (QED) is 0.121. The van der Waals surface area contributed by atoms with Gasteiger partial charge < -0.3 is 0 Å². The molecule has 0 aliphatic carbocycles. The van der Waals surface area contributed by atoms with E-state index >= 15 is 0 Å². The van der Waals surface area contributed by atoms with Gasteiger partial charge in [-0.15, -0.1) is 0 Å². The Kier molecular flexibility index (Phi) is 11.1. The first-order valence-corrected chi connectivity index (χ1v) is 20.1. The van der Waals surface area contributed by atoms with Crippen LogP contribution in [0.5, 0.6) is 0 Å². The molecular weight excluding hydrogens is 614 g/mol. The molecule has 0 N–H and O–H groups in total. The minimum absolute atomic E-state index is 0.290. The van der Waals surface area contributed by atoms with Gasteiger partial charge in [-0.05, 0) is 87.7 Å². The van der Waals surface area contributed by atoms with Crippen LogP contribution in [0.25, 0.3) is 0 Å². The second-order valence-corrected chi connectivity index (χ2v) is 18.3. The van der Waals surface area contributed by atoms with Crippen LogP contribution in [-0.2, 0) is 0 Å². The van der Waals surface area contributed by atoms with Gasteiger partial charge in [-0.2, -0.15) is 0 Å². The number of benzene rings is 6. The van der Waals surface area contributed by atoms with Gasteiger partial charge >= 0.3 is 0 Å². The minimum atomic E-state index is -0.772. The standard InChI is InChI=1S/C46H48P2/c1-33(2)44(45(38-13-9-7-10-14-38)47(40-25-17-34(3)18-26-40)41-27-19-35(4)20-28-41)46(39-15-11-8-12-16-39)48(42-29-21-36(5)22-30-42)43-31-23-37(6)24-32-43/h7-33,44-46H,1-6H3. The first-order valence-electron chi connectivity index (χ1n) is 17.2. The summed E-state index contributed by atoms with van der Waals surface area (Å²) in [6.07, 6.45) is 0. The van der Waals surface area contributed by atoms with E-state index in [4.69, 9.17) is 0 Å². The predicted octanol–water partition coefficient (Wildman–Crippen LogP) is 11.2. The SMILES string of the molecule is Cc1ccc(P(c2ccc(C)cc2)C(c2ccccc2)C(C(C)C)C(c2ccccc2)P(c2ccc(C)cc2)c2ccc(C)cc2)cc1. The third-order valence-electron chi connectivity index (χ3n) is 9.59. The Hall–Kier alpha value is -3.82. The second kappa shape index (κ2) is 15.6. The lowest BCUT2D eigenvalue weighted by Crippen LogP contribution is -2.32. The van der Waals surface area contributed by atoms with Crippen molar-refractivity contribution in [2.75, 3.05) is 0 Å². The Morgan fingerprint density at radius 2 is 0.583 bits per heavy atom. The van der Waals surface area contributed by atoms with E-state index < -0.39 is 15.8 Å². The lowest BCUT2D eigenvalue weighted by molar-refractivity contribution is 0.362. The molecule has 0 aliphatic rings. The van der Waals surface area contributed by atoms with Gasteiger partial charge in [0.05, 0.1) is 0 Å². The van der Waals surface area contributed by atoms with Crippen molar-refractivity contribution in [2.45, 2.75) is 52.9 Å². The normalized spacial score (nSPS) is 13.5. The maximum atomic E-state index is 2.48. The van der Waals surface area contributed by atoms with E-state index in [0.717, 1.165) is 0 Å². The Morgan fingerprint density at radius 1 is 0.333 bits per heavy atom. The summed E-state index contributed by atoms with van der Waals surface area (Å²) in [6, 6.07) is 60.7. The molecule has 0 heterocycles. The molecule has 2 unspecified atom stereocenters. The van der Waals surface area contributed by atoms with Crippen molar-refractivity contribution in [1.29, 1.82) is 0 Å². The molecule has 2 atom stereocenters. The van der Waals surface area contributed by atoms with Crippen molar-refractivity contribution in [1.82, 2.24) is 0 Å². The van der Waals surface area contributed by atoms with Crippen LogP contribution in [0, 0.1) is 39.5 Å². The first-order chi connectivity index (χ1) is 23.3. The van der Waals surface area contributed by atoms with E-state index in [1.54, 1.807) is 0 Å². The molecule has 0 aromatic heterocycles. The van der Waals surface area contributed by atoms with E-state index in [1.807, 2.05) is 0 Å². The Morgan fingerprint density at radius 3 is 0.812 bits per heavy atom. The molecule has 0 aliphatic heterocycles. The molecule has 48 heavy (non-hydrogen) atoms. The Labute approximate surface area is 291 Å². The van der Waals surface area contributed by atoms with Crippen molar-refractivity contribution < 1.29 is 0 Å². The van der Waals surface area contributed by atoms with Crippen LogP contribution in [0.3, 0.4) is 0 Å². The number of hydrogen-bond acceptors (Lipinski definition) is 0. The lowest BCUT2D eigenvalue weighted by Gasteiger charge is -2.45. The summed E-state index contributed by atoms with van der Waals surface area (Å²) in [4.78, 5) is 0. The fourth-order valence-electron chi connectivity index (χ4n) is 7.05. The molecule has 242 valence electrons. The van der Waals surface area contributed by atoms with Gasteiger partial charge in [-0.25, -0.2) is 0 Å². The topological polar surface area (TPSA) is 0 Å². The van der Waals surface area contributed by atoms with Crippen LogP contribution in [-0.4, -0.2) is 0 Å². The average Bonchev–Trinajstić information content (AvgIpc) is 3.11. The number of rotatable bonds is 11. The fraction of sp³-hybridized carbons (Fsp3) is 0.217. The van der Waals surface area contributed by atoms with Gasteiger partial charge in [-0.3, -0.25) is 0 Å². The molecule has 0 bridgehead atoms. The molecule has 0 amide bonds. The highest BCUT2D eigenvalue weighted by atomic mass is 31.1. The predicted molar refractivity (Wildman–Crippen MR) is 214 cm³/mol. The highest BCUT2D eigenvalue weighted by Gasteiger charge is 2.43. The van der Waals surface area contributed by atoms with Gasteiger partial charge in [0.25, 0.3) is 0 Å². The molecular formula is C46H48P2. The molecule has 0 spiro atoms. The highest BCUT2D eigenvalue weighted by molar-refractivity contribution is 7.74. The van der Waals surface area contributed by atoms with Gasteiger partial charge in [0.1, 0.15) is 0 Å². The van der Waals surface area contributed by atoms with Crippen molar-refractivity contribution >= 4 is 37.1 Å². The van der Waals surface area contributed by atoms with Crippen molar-refractivity contribution in [2.24, 2.45) is 11.8 Å². The summed E-state index contributed by atoms with van der Waals surface area (Å²) < 4.78 is 0. The Balaban J connectivity index is 1.67. The molecule has 0 nitrogen and oxygen atoms in total. The molecule has 6 aromatic rings. The molecule has 6 aromatic carbocycles. The fourth-order valence-corrected chi connectivity index (χ4v) is 13.6. The maximum Gasteiger partial charge on any atom is 0.0162 e. The van der Waals surface area contributed by atoms with E-state index in [9.17, 15) is 0 Å². The summed E-state index contributed by atoms with van der Waals surface area (Å²) in [5.74, 6) is 0.763. The van der Waals surface area contributed by atoms with Gasteiger partial charge in [0.2, 0.25) is 0 Å². The lowest BCUT2D eigenvalue weighted by atomic mass is 9.83. The zero-order chi connectivity index (χ0) is 33.6. The highest BCUT2D eigenvalue weighted by Crippen LogP contribution is 2.65. The van der Waals surface area contributed by atoms with E-state index in [-0.39, 0.29) is 11.3 Å². The largest absolute Gasteiger partial charge is 0.0624 e. The summed E-state index contributed by atoms with van der Waals surface area (Å²) in [7, 11) is -1.54. The van der Waals surface area contributed by atoms with Crippen molar-refractivity contribution in [3.8, 4) is 0 Å². The minimum Gasteiger partial charge on any atom is -0.0624 e. The van der Waals surface area contributed by atoms with Gasteiger partial charge in [0, 0.05) is 11.3 Å². The average molecular weight is 663 g/mol. The molecule has 0 saturated heterocycles. The van der Waals surface area contributed by atoms with Crippen LogP contribution < -0.4 is 21.2 Å². The third kappa shape index (κ3) is 7.73. The summed E-state index contributed by atoms with van der Waals surface area (Å²) >= 11 is 0. The maximum absolute atomic E-state index is 2.48. The van der Waals surface area contributed by atoms with Crippen LogP contribution in [0.2, 0.25) is 0 Å². The summed E-state index contributed by atoms with van der Waals surface area (Å²) in [5.41, 5.74) is 8.67. The van der Waals surface area contributed by atoms with Crippen LogP contribution in [0.15, 0.2) is 158 Å². The molecule has 0 saturated carbocycles. The zero-order valence-electron chi connectivity index (χ0n) is 29.2. The van der Waals surface area contributed by atoms with Crippen LogP contribution in [0.4, 0.5) is 0 Å². The zero-order valence-corrected chi connectivity index (χ0v) is 31.0. The molecule has 0 fully saturated rings. The molecule has 6 rings (SSSR count). The van der Waals surface area contributed by atoms with Crippen molar-refractivity contribution in [3.63, 3.8) is 0 Å². The van der Waals surface area contributed by atoms with Gasteiger partial charge in [0.15, 0.2) is 0 Å². The smallest absolute Gasteiger partial charge is 0.0162 e. The first kappa shape index (κ1) is 34.1. The van der Waals surface area contributed by atoms with E-state index in [1.165, 1.54) is 54.6 Å². The third-order valence-corrected chi connectivity index (χ3v) is 15.4. The molecule has 0 radical (unpaired) electrons. The number of aryl methyl sites for hydroxylation is 4. The van der Waals surface area contributed by atoms with Gasteiger partial charge in [-0.1, -0.05) is 194 Å².